The second kappa shape index (κ2) is 15.3. The van der Waals surface area contributed by atoms with Crippen LogP contribution in [0.15, 0.2) is 227 Å². The van der Waals surface area contributed by atoms with Gasteiger partial charge in [0.25, 0.3) is 0 Å². The Morgan fingerprint density at radius 3 is 1.25 bits per heavy atom. The molecule has 0 amide bonds. The standard InChI is InChI=1S/C57H36N3O3P/c61-64(44-19-9-3-10-20-44,45-21-11-4-12-22-45)46-23-13-18-42(32-46)56-58-55(38-16-7-2-8-17-38)59-57(60-56)43-26-30-48-47-28-24-40(34-52(47)63-54(48)36-43)41-25-29-49-50-33-39(37-14-5-1-6-15-37)27-31-51(50)62-53(49)35-41/h1-36H. The van der Waals surface area contributed by atoms with E-state index < -0.39 is 7.14 Å². The Kier molecular flexibility index (Phi) is 8.99. The summed E-state index contributed by atoms with van der Waals surface area (Å²) in [6.07, 6.45) is 0. The van der Waals surface area contributed by atoms with Gasteiger partial charge in [-0.1, -0.05) is 164 Å². The van der Waals surface area contributed by atoms with Gasteiger partial charge in [0.05, 0.1) is 0 Å². The highest BCUT2D eigenvalue weighted by Crippen LogP contribution is 2.43. The lowest BCUT2D eigenvalue weighted by atomic mass is 10.0. The van der Waals surface area contributed by atoms with Crippen LogP contribution in [0, 0.1) is 0 Å². The number of benzene rings is 9. The molecule has 0 radical (unpaired) electrons. The summed E-state index contributed by atoms with van der Waals surface area (Å²) in [5, 5.41) is 6.41. The molecular formula is C57H36N3O3P. The van der Waals surface area contributed by atoms with E-state index in [9.17, 15) is 0 Å². The van der Waals surface area contributed by atoms with Crippen molar-refractivity contribution in [2.24, 2.45) is 0 Å². The zero-order valence-corrected chi connectivity index (χ0v) is 35.2. The molecule has 12 aromatic rings. The van der Waals surface area contributed by atoms with Crippen LogP contribution in [0.4, 0.5) is 0 Å². The number of hydrogen-bond donors (Lipinski definition) is 0. The molecule has 302 valence electrons. The molecule has 0 fully saturated rings. The molecule has 0 saturated carbocycles. The van der Waals surface area contributed by atoms with Crippen molar-refractivity contribution in [2.45, 2.75) is 0 Å². The summed E-state index contributed by atoms with van der Waals surface area (Å²) >= 11 is 0. The van der Waals surface area contributed by atoms with Crippen LogP contribution in [0.3, 0.4) is 0 Å². The monoisotopic (exact) mass is 841 g/mol. The number of fused-ring (bicyclic) bond motifs is 6. The van der Waals surface area contributed by atoms with Gasteiger partial charge in [-0.3, -0.25) is 0 Å². The smallest absolute Gasteiger partial charge is 0.171 e. The first-order chi connectivity index (χ1) is 31.5. The summed E-state index contributed by atoms with van der Waals surface area (Å²) in [5.74, 6) is 1.51. The normalized spacial score (nSPS) is 11.8. The Hall–Kier alpha value is -8.18. The Balaban J connectivity index is 0.924. The summed E-state index contributed by atoms with van der Waals surface area (Å²) in [5.41, 5.74) is 9.99. The van der Waals surface area contributed by atoms with Gasteiger partial charge in [-0.25, -0.2) is 15.0 Å². The molecule has 7 heteroatoms. The van der Waals surface area contributed by atoms with E-state index in [0.29, 0.717) is 22.8 Å². The van der Waals surface area contributed by atoms with E-state index in [1.54, 1.807) is 0 Å². The van der Waals surface area contributed by atoms with Crippen molar-refractivity contribution in [1.29, 1.82) is 0 Å². The number of rotatable bonds is 8. The molecule has 6 nitrogen and oxygen atoms in total. The van der Waals surface area contributed by atoms with E-state index in [-0.39, 0.29) is 0 Å². The van der Waals surface area contributed by atoms with Crippen molar-refractivity contribution >= 4 is 66.9 Å². The molecule has 64 heavy (non-hydrogen) atoms. The lowest BCUT2D eigenvalue weighted by Gasteiger charge is -2.20. The van der Waals surface area contributed by atoms with Crippen LogP contribution in [-0.4, -0.2) is 15.0 Å². The van der Waals surface area contributed by atoms with E-state index in [2.05, 4.69) is 84.9 Å². The van der Waals surface area contributed by atoms with Gasteiger partial charge in [-0.2, -0.15) is 0 Å². The average Bonchev–Trinajstić information content (AvgIpc) is 3.94. The van der Waals surface area contributed by atoms with Crippen LogP contribution in [0.1, 0.15) is 0 Å². The van der Waals surface area contributed by atoms with Crippen molar-refractivity contribution in [3.63, 3.8) is 0 Å². The van der Waals surface area contributed by atoms with Gasteiger partial charge in [0.15, 0.2) is 24.6 Å². The minimum Gasteiger partial charge on any atom is -0.456 e. The molecule has 0 aliphatic carbocycles. The fraction of sp³-hybridized carbons (Fsp3) is 0. The first-order valence-corrected chi connectivity index (χ1v) is 22.9. The summed E-state index contributed by atoms with van der Waals surface area (Å²) in [6.45, 7) is 0. The van der Waals surface area contributed by atoms with Crippen LogP contribution < -0.4 is 15.9 Å². The average molecular weight is 842 g/mol. The number of furan rings is 2. The highest BCUT2D eigenvalue weighted by molar-refractivity contribution is 7.85. The van der Waals surface area contributed by atoms with E-state index in [0.717, 1.165) is 87.9 Å². The summed E-state index contributed by atoms with van der Waals surface area (Å²) in [7, 11) is -3.25. The fourth-order valence-electron chi connectivity index (χ4n) is 8.78. The Labute approximate surface area is 368 Å². The minimum atomic E-state index is -3.25. The van der Waals surface area contributed by atoms with Gasteiger partial charge >= 0.3 is 0 Å². The molecular weight excluding hydrogens is 806 g/mol. The third kappa shape index (κ3) is 6.51. The highest BCUT2D eigenvalue weighted by Gasteiger charge is 2.30. The first kappa shape index (κ1) is 37.6. The molecule has 0 unspecified atom stereocenters. The predicted molar refractivity (Wildman–Crippen MR) is 261 cm³/mol. The molecule has 3 aromatic heterocycles. The molecule has 3 heterocycles. The zero-order valence-electron chi connectivity index (χ0n) is 34.3. The van der Waals surface area contributed by atoms with Crippen LogP contribution in [-0.2, 0) is 4.57 Å². The number of aromatic nitrogens is 3. The molecule has 0 aliphatic rings. The third-order valence-electron chi connectivity index (χ3n) is 12.0. The Bertz CT molecular complexity index is 3710. The van der Waals surface area contributed by atoms with Crippen molar-refractivity contribution in [2.75, 3.05) is 0 Å². The van der Waals surface area contributed by atoms with E-state index in [1.165, 1.54) is 5.56 Å². The lowest BCUT2D eigenvalue weighted by molar-refractivity contribution is 0.592. The second-order valence-electron chi connectivity index (χ2n) is 15.9. The lowest BCUT2D eigenvalue weighted by Crippen LogP contribution is -2.25. The molecule has 0 bridgehead atoms. The second-order valence-corrected chi connectivity index (χ2v) is 18.7. The molecule has 12 rings (SSSR count). The zero-order chi connectivity index (χ0) is 42.6. The van der Waals surface area contributed by atoms with Gasteiger partial charge in [0.1, 0.15) is 22.3 Å². The first-order valence-electron chi connectivity index (χ1n) is 21.2. The summed E-state index contributed by atoms with van der Waals surface area (Å²) < 4.78 is 28.3. The van der Waals surface area contributed by atoms with Gasteiger partial charge in [-0.15, -0.1) is 0 Å². The van der Waals surface area contributed by atoms with E-state index in [4.69, 9.17) is 23.8 Å². The maximum absolute atomic E-state index is 15.3. The minimum absolute atomic E-state index is 0.478. The quantitative estimate of drug-likeness (QED) is 0.142. The molecule has 0 saturated heterocycles. The summed E-state index contributed by atoms with van der Waals surface area (Å²) in [6, 6.07) is 72.7. The van der Waals surface area contributed by atoms with Crippen LogP contribution in [0.2, 0.25) is 0 Å². The molecule has 0 atom stereocenters. The molecule has 9 aromatic carbocycles. The van der Waals surface area contributed by atoms with Crippen molar-refractivity contribution in [3.8, 4) is 56.4 Å². The summed E-state index contributed by atoms with van der Waals surface area (Å²) in [4.78, 5) is 15.1. The number of hydrogen-bond acceptors (Lipinski definition) is 6. The van der Waals surface area contributed by atoms with Crippen LogP contribution in [0.25, 0.3) is 100 Å². The van der Waals surface area contributed by atoms with E-state index in [1.807, 2.05) is 133 Å². The van der Waals surface area contributed by atoms with Crippen molar-refractivity contribution in [3.05, 3.63) is 218 Å². The molecule has 0 N–H and O–H groups in total. The highest BCUT2D eigenvalue weighted by atomic mass is 31.2. The maximum atomic E-state index is 15.3. The van der Waals surface area contributed by atoms with Gasteiger partial charge in [-0.05, 0) is 76.9 Å². The Morgan fingerprint density at radius 1 is 0.281 bits per heavy atom. The topological polar surface area (TPSA) is 82.0 Å². The van der Waals surface area contributed by atoms with Gasteiger partial charge in [0.2, 0.25) is 0 Å². The van der Waals surface area contributed by atoms with Crippen LogP contribution >= 0.6 is 7.14 Å². The number of nitrogens with zero attached hydrogens (tertiary/aromatic N) is 3. The van der Waals surface area contributed by atoms with Gasteiger partial charge < -0.3 is 13.4 Å². The van der Waals surface area contributed by atoms with Crippen molar-refractivity contribution in [1.82, 2.24) is 15.0 Å². The largest absolute Gasteiger partial charge is 0.456 e. The van der Waals surface area contributed by atoms with E-state index >= 15 is 4.57 Å². The van der Waals surface area contributed by atoms with Gasteiger partial charge in [0, 0.05) is 54.1 Å². The predicted octanol–water partition coefficient (Wildman–Crippen LogP) is 13.6. The van der Waals surface area contributed by atoms with Crippen molar-refractivity contribution < 1.29 is 13.4 Å². The third-order valence-corrected chi connectivity index (χ3v) is 15.1. The molecule has 0 spiro atoms. The maximum Gasteiger partial charge on any atom is 0.171 e. The Morgan fingerprint density at radius 2 is 0.672 bits per heavy atom. The molecule has 0 aliphatic heterocycles. The van der Waals surface area contributed by atoms with Crippen LogP contribution in [0.5, 0.6) is 0 Å². The SMILES string of the molecule is O=P(c1ccccc1)(c1ccccc1)c1cccc(-c2nc(-c3ccccc3)nc(-c3ccc4c(c3)oc3cc(-c5ccc6c(c5)oc5ccc(-c7ccccc7)cc56)ccc34)n2)c1. The fourth-order valence-corrected chi connectivity index (χ4v) is 11.5.